The van der Waals surface area contributed by atoms with Crippen LogP contribution in [0.25, 0.3) is 0 Å². The van der Waals surface area contributed by atoms with Gasteiger partial charge in [0.2, 0.25) is 0 Å². The molecule has 19 heavy (non-hydrogen) atoms. The topological polar surface area (TPSA) is 64.1 Å². The first-order chi connectivity index (χ1) is 9.02. The van der Waals surface area contributed by atoms with Crippen LogP contribution in [-0.4, -0.2) is 77.6 Å². The monoisotopic (exact) mass is 269 g/mol. The second kappa shape index (κ2) is 5.77. The van der Waals surface area contributed by atoms with E-state index < -0.39 is 5.97 Å². The van der Waals surface area contributed by atoms with Crippen molar-refractivity contribution in [2.45, 2.75) is 13.8 Å². The van der Waals surface area contributed by atoms with Crippen LogP contribution in [-0.2, 0) is 4.79 Å². The van der Waals surface area contributed by atoms with Gasteiger partial charge in [0.15, 0.2) is 0 Å². The Morgan fingerprint density at radius 1 is 1.16 bits per heavy atom. The van der Waals surface area contributed by atoms with Crippen molar-refractivity contribution in [3.05, 3.63) is 0 Å². The Hall–Kier alpha value is -1.30. The summed E-state index contributed by atoms with van der Waals surface area (Å²) in [5.41, 5.74) is 0. The van der Waals surface area contributed by atoms with Crippen LogP contribution in [0.4, 0.5) is 4.79 Å². The predicted molar refractivity (Wildman–Crippen MR) is 70.9 cm³/mol. The highest BCUT2D eigenvalue weighted by atomic mass is 16.4. The number of urea groups is 1. The fourth-order valence-electron chi connectivity index (χ4n) is 2.64. The third-order valence-corrected chi connectivity index (χ3v) is 4.37. The number of hydrogen-bond acceptors (Lipinski definition) is 3. The molecule has 1 N–H and O–H groups in total. The van der Waals surface area contributed by atoms with Gasteiger partial charge < -0.3 is 19.8 Å². The summed E-state index contributed by atoms with van der Waals surface area (Å²) < 4.78 is 0. The first kappa shape index (κ1) is 14.1. The lowest BCUT2D eigenvalue weighted by Crippen LogP contribution is -2.60. The van der Waals surface area contributed by atoms with Crippen molar-refractivity contribution < 1.29 is 14.7 Å². The second-order valence-corrected chi connectivity index (χ2v) is 5.50. The molecule has 2 rings (SSSR count). The van der Waals surface area contributed by atoms with Crippen molar-refractivity contribution >= 4 is 12.0 Å². The maximum absolute atomic E-state index is 12.2. The Morgan fingerprint density at radius 3 is 2.21 bits per heavy atom. The van der Waals surface area contributed by atoms with E-state index in [0.29, 0.717) is 13.1 Å². The lowest BCUT2D eigenvalue weighted by molar-refractivity contribution is -0.144. The van der Waals surface area contributed by atoms with Crippen molar-refractivity contribution in [1.29, 1.82) is 0 Å². The highest BCUT2D eigenvalue weighted by molar-refractivity contribution is 5.76. The van der Waals surface area contributed by atoms with Crippen molar-refractivity contribution in [2.75, 3.05) is 45.8 Å². The molecule has 0 bridgehead atoms. The number of piperazine rings is 1. The van der Waals surface area contributed by atoms with Gasteiger partial charge in [-0.3, -0.25) is 4.79 Å². The zero-order valence-electron chi connectivity index (χ0n) is 11.7. The summed E-state index contributed by atoms with van der Waals surface area (Å²) in [4.78, 5) is 29.0. The SMILES string of the molecule is CCN1CCN(C(=O)N2CC(C(C)C(=O)O)C2)CC1. The van der Waals surface area contributed by atoms with E-state index in [9.17, 15) is 9.59 Å². The Bertz CT molecular complexity index is 347. The molecule has 6 nitrogen and oxygen atoms in total. The number of carbonyl (C=O) groups is 2. The van der Waals surface area contributed by atoms with Gasteiger partial charge in [0.1, 0.15) is 0 Å². The zero-order valence-corrected chi connectivity index (χ0v) is 11.7. The Morgan fingerprint density at radius 2 is 1.74 bits per heavy atom. The number of amides is 2. The number of likely N-dealkylation sites (N-methyl/N-ethyl adjacent to an activating group) is 1. The number of nitrogens with zero attached hydrogens (tertiary/aromatic N) is 3. The van der Waals surface area contributed by atoms with Crippen LogP contribution in [0.15, 0.2) is 0 Å². The number of aliphatic carboxylic acids is 1. The average molecular weight is 269 g/mol. The first-order valence-corrected chi connectivity index (χ1v) is 7.02. The quantitative estimate of drug-likeness (QED) is 0.805. The molecule has 2 amide bonds. The average Bonchev–Trinajstić information content (AvgIpc) is 2.36. The fraction of sp³-hybridized carbons (Fsp3) is 0.846. The van der Waals surface area contributed by atoms with Crippen LogP contribution < -0.4 is 0 Å². The number of likely N-dealkylation sites (tertiary alicyclic amines) is 1. The molecule has 2 fully saturated rings. The summed E-state index contributed by atoms with van der Waals surface area (Å²) in [5.74, 6) is -1.02. The third kappa shape index (κ3) is 3.00. The maximum atomic E-state index is 12.2. The molecule has 108 valence electrons. The largest absolute Gasteiger partial charge is 0.481 e. The number of rotatable bonds is 3. The van der Waals surface area contributed by atoms with E-state index in [4.69, 9.17) is 5.11 Å². The molecule has 2 saturated heterocycles. The smallest absolute Gasteiger partial charge is 0.320 e. The van der Waals surface area contributed by atoms with E-state index in [1.54, 1.807) is 11.8 Å². The van der Waals surface area contributed by atoms with Crippen LogP contribution in [0.1, 0.15) is 13.8 Å². The highest BCUT2D eigenvalue weighted by Crippen LogP contribution is 2.25. The van der Waals surface area contributed by atoms with Crippen molar-refractivity contribution in [3.8, 4) is 0 Å². The molecule has 2 aliphatic heterocycles. The molecule has 0 saturated carbocycles. The van der Waals surface area contributed by atoms with Crippen LogP contribution in [0.5, 0.6) is 0 Å². The molecule has 0 radical (unpaired) electrons. The van der Waals surface area contributed by atoms with Crippen molar-refractivity contribution in [3.63, 3.8) is 0 Å². The van der Waals surface area contributed by atoms with E-state index in [-0.39, 0.29) is 17.9 Å². The molecular weight excluding hydrogens is 246 g/mol. The van der Waals surface area contributed by atoms with Crippen LogP contribution in [0.2, 0.25) is 0 Å². The third-order valence-electron chi connectivity index (χ3n) is 4.37. The van der Waals surface area contributed by atoms with Gasteiger partial charge in [-0.25, -0.2) is 4.79 Å². The molecule has 0 aromatic rings. The predicted octanol–water partition coefficient (Wildman–Crippen LogP) is 0.396. The van der Waals surface area contributed by atoms with Gasteiger partial charge in [-0.05, 0) is 6.54 Å². The lowest BCUT2D eigenvalue weighted by atomic mass is 9.87. The summed E-state index contributed by atoms with van der Waals surface area (Å²) in [6.07, 6.45) is 0. The summed E-state index contributed by atoms with van der Waals surface area (Å²) in [6, 6.07) is 0.0737. The zero-order chi connectivity index (χ0) is 14.0. The van der Waals surface area contributed by atoms with Crippen molar-refractivity contribution in [2.24, 2.45) is 11.8 Å². The van der Waals surface area contributed by atoms with Gasteiger partial charge in [-0.1, -0.05) is 13.8 Å². The van der Waals surface area contributed by atoms with E-state index in [1.165, 1.54) is 0 Å². The Labute approximate surface area is 114 Å². The van der Waals surface area contributed by atoms with E-state index >= 15 is 0 Å². The Kier molecular flexibility index (Phi) is 4.29. The molecule has 2 heterocycles. The molecule has 0 spiro atoms. The molecule has 0 aliphatic carbocycles. The van der Waals surface area contributed by atoms with Gasteiger partial charge in [-0.2, -0.15) is 0 Å². The summed E-state index contributed by atoms with van der Waals surface area (Å²) in [7, 11) is 0. The minimum atomic E-state index is -0.770. The number of carbonyl (C=O) groups excluding carboxylic acids is 1. The van der Waals surface area contributed by atoms with Gasteiger partial charge in [0.05, 0.1) is 5.92 Å². The van der Waals surface area contributed by atoms with Gasteiger partial charge in [0.25, 0.3) is 0 Å². The second-order valence-electron chi connectivity index (χ2n) is 5.50. The number of carboxylic acids is 1. The van der Waals surface area contributed by atoms with Gasteiger partial charge >= 0.3 is 12.0 Å². The molecule has 0 aromatic carbocycles. The molecule has 2 aliphatic rings. The highest BCUT2D eigenvalue weighted by Gasteiger charge is 2.39. The molecule has 0 aromatic heterocycles. The van der Waals surface area contributed by atoms with Crippen LogP contribution in [0.3, 0.4) is 0 Å². The maximum Gasteiger partial charge on any atom is 0.320 e. The summed E-state index contributed by atoms with van der Waals surface area (Å²) in [5, 5.41) is 8.93. The normalized spacial score (nSPS) is 23.1. The molecule has 6 heteroatoms. The standard InChI is InChI=1S/C13H23N3O3/c1-3-14-4-6-15(7-5-14)13(19)16-8-11(9-16)10(2)12(17)18/h10-11H,3-9H2,1-2H3,(H,17,18). The van der Waals surface area contributed by atoms with Crippen LogP contribution in [0, 0.1) is 11.8 Å². The van der Waals surface area contributed by atoms with E-state index in [0.717, 1.165) is 32.7 Å². The fourth-order valence-corrected chi connectivity index (χ4v) is 2.64. The molecule has 1 atom stereocenters. The van der Waals surface area contributed by atoms with Gasteiger partial charge in [-0.15, -0.1) is 0 Å². The lowest BCUT2D eigenvalue weighted by Gasteiger charge is -2.45. The van der Waals surface area contributed by atoms with E-state index in [2.05, 4.69) is 11.8 Å². The minimum Gasteiger partial charge on any atom is -0.481 e. The van der Waals surface area contributed by atoms with Crippen molar-refractivity contribution in [1.82, 2.24) is 14.7 Å². The molecular formula is C13H23N3O3. The van der Waals surface area contributed by atoms with E-state index in [1.807, 2.05) is 4.90 Å². The Balaban J connectivity index is 1.76. The molecule has 1 unspecified atom stereocenters. The number of hydrogen-bond donors (Lipinski definition) is 1. The summed E-state index contributed by atoms with van der Waals surface area (Å²) >= 11 is 0. The summed E-state index contributed by atoms with van der Waals surface area (Å²) in [6.45, 7) is 9.48. The number of carboxylic acid groups (broad SMARTS) is 1. The van der Waals surface area contributed by atoms with Crippen LogP contribution >= 0.6 is 0 Å². The van der Waals surface area contributed by atoms with Gasteiger partial charge in [0, 0.05) is 45.2 Å². The first-order valence-electron chi connectivity index (χ1n) is 7.02. The minimum absolute atomic E-state index is 0.0737.